The summed E-state index contributed by atoms with van der Waals surface area (Å²) in [5.74, 6) is 0.865. The van der Waals surface area contributed by atoms with Crippen LogP contribution in [0.5, 0.6) is 5.75 Å². The largest absolute Gasteiger partial charge is 0.489 e. The predicted octanol–water partition coefficient (Wildman–Crippen LogP) is 3.50. The van der Waals surface area contributed by atoms with Gasteiger partial charge in [-0.1, -0.05) is 36.4 Å². The van der Waals surface area contributed by atoms with Gasteiger partial charge in [0.25, 0.3) is 5.91 Å². The van der Waals surface area contributed by atoms with E-state index in [9.17, 15) is 9.59 Å². The minimum Gasteiger partial charge on any atom is -0.489 e. The highest BCUT2D eigenvalue weighted by Gasteiger charge is 2.29. The number of carbonyl (C=O) groups excluding carboxylic acids is 2. The number of amides is 3. The van der Waals surface area contributed by atoms with Gasteiger partial charge in [0.05, 0.1) is 0 Å². The minimum absolute atomic E-state index is 0.0923. The zero-order chi connectivity index (χ0) is 20.9. The summed E-state index contributed by atoms with van der Waals surface area (Å²) in [5, 5.41) is 3.67. The molecule has 1 fully saturated rings. The van der Waals surface area contributed by atoms with Crippen molar-refractivity contribution >= 4 is 22.9 Å². The molecule has 0 atom stereocenters. The van der Waals surface area contributed by atoms with Crippen LogP contribution in [0.4, 0.5) is 4.79 Å². The van der Waals surface area contributed by atoms with Crippen LogP contribution in [0.2, 0.25) is 0 Å². The lowest BCUT2D eigenvalue weighted by molar-refractivity contribution is 0.0633. The molecule has 0 unspecified atom stereocenters. The van der Waals surface area contributed by atoms with Crippen molar-refractivity contribution in [1.82, 2.24) is 15.1 Å². The highest BCUT2D eigenvalue weighted by atomic mass is 16.5. The Morgan fingerprint density at radius 2 is 1.63 bits per heavy atom. The molecule has 7 nitrogen and oxygen atoms in total. The van der Waals surface area contributed by atoms with Gasteiger partial charge in [0.1, 0.15) is 17.9 Å². The third-order valence-corrected chi connectivity index (χ3v) is 5.20. The first-order valence-electron chi connectivity index (χ1n) is 10.2. The Labute approximate surface area is 175 Å². The summed E-state index contributed by atoms with van der Waals surface area (Å²) >= 11 is 0. The van der Waals surface area contributed by atoms with E-state index in [-0.39, 0.29) is 18.5 Å². The summed E-state index contributed by atoms with van der Waals surface area (Å²) in [5.41, 5.74) is 1.40. The van der Waals surface area contributed by atoms with Gasteiger partial charge in [-0.2, -0.15) is 0 Å². The Kier molecular flexibility index (Phi) is 5.88. The first-order chi connectivity index (χ1) is 14.7. The van der Waals surface area contributed by atoms with Gasteiger partial charge in [-0.15, -0.1) is 0 Å². The number of ether oxygens (including phenoxy) is 1. The number of hydrogen-bond acceptors (Lipinski definition) is 4. The van der Waals surface area contributed by atoms with Crippen LogP contribution in [0.25, 0.3) is 11.0 Å². The zero-order valence-electron chi connectivity index (χ0n) is 17.0. The predicted molar refractivity (Wildman–Crippen MR) is 114 cm³/mol. The van der Waals surface area contributed by atoms with E-state index >= 15 is 0 Å². The second kappa shape index (κ2) is 8.90. The third kappa shape index (κ3) is 4.10. The maximum Gasteiger partial charge on any atom is 0.317 e. The summed E-state index contributed by atoms with van der Waals surface area (Å²) in [6.45, 7) is 4.63. The van der Waals surface area contributed by atoms with Crippen molar-refractivity contribution in [2.24, 2.45) is 0 Å². The maximum absolute atomic E-state index is 13.3. The van der Waals surface area contributed by atoms with E-state index in [4.69, 9.17) is 9.15 Å². The van der Waals surface area contributed by atoms with Gasteiger partial charge in [-0.05, 0) is 25.1 Å². The molecule has 1 saturated heterocycles. The second-order valence-corrected chi connectivity index (χ2v) is 7.12. The van der Waals surface area contributed by atoms with Crippen LogP contribution in [-0.4, -0.2) is 54.5 Å². The fourth-order valence-corrected chi connectivity index (χ4v) is 3.61. The lowest BCUT2D eigenvalue weighted by atomic mass is 10.1. The van der Waals surface area contributed by atoms with Gasteiger partial charge in [0.15, 0.2) is 5.76 Å². The second-order valence-electron chi connectivity index (χ2n) is 7.12. The fourth-order valence-electron chi connectivity index (χ4n) is 3.61. The Balaban J connectivity index is 1.53. The molecule has 0 aliphatic carbocycles. The Morgan fingerprint density at radius 1 is 0.967 bits per heavy atom. The molecule has 0 saturated carbocycles. The van der Waals surface area contributed by atoms with Crippen molar-refractivity contribution in [3.8, 4) is 5.75 Å². The number of benzene rings is 2. The van der Waals surface area contributed by atoms with Gasteiger partial charge in [0, 0.05) is 43.7 Å². The van der Waals surface area contributed by atoms with E-state index in [1.807, 2.05) is 61.5 Å². The Hall–Kier alpha value is -3.48. The minimum atomic E-state index is -0.173. The van der Waals surface area contributed by atoms with Crippen molar-refractivity contribution in [2.45, 2.75) is 13.5 Å². The molecular weight excluding hydrogens is 382 g/mol. The quantitative estimate of drug-likeness (QED) is 0.702. The zero-order valence-corrected chi connectivity index (χ0v) is 17.0. The number of furan rings is 1. The normalized spacial score (nSPS) is 14.0. The molecule has 0 bridgehead atoms. The van der Waals surface area contributed by atoms with E-state index in [1.54, 1.807) is 9.80 Å². The van der Waals surface area contributed by atoms with Crippen LogP contribution in [0.15, 0.2) is 59.0 Å². The van der Waals surface area contributed by atoms with Gasteiger partial charge in [0.2, 0.25) is 0 Å². The lowest BCUT2D eigenvalue weighted by Gasteiger charge is -2.34. The number of piperazine rings is 1. The van der Waals surface area contributed by atoms with Gasteiger partial charge >= 0.3 is 6.03 Å². The van der Waals surface area contributed by atoms with Crippen molar-refractivity contribution < 1.29 is 18.7 Å². The Morgan fingerprint density at radius 3 is 2.37 bits per heavy atom. The van der Waals surface area contributed by atoms with Crippen LogP contribution in [0.1, 0.15) is 23.0 Å². The molecule has 2 heterocycles. The molecule has 1 aliphatic rings. The number of urea groups is 1. The molecule has 2 aromatic carbocycles. The number of nitrogens with zero attached hydrogens (tertiary/aromatic N) is 2. The lowest BCUT2D eigenvalue weighted by Crippen LogP contribution is -2.53. The SMILES string of the molecule is CCNC(=O)N1CCN(C(=O)c2oc3ccccc3c2COc2ccccc2)CC1. The van der Waals surface area contributed by atoms with E-state index < -0.39 is 0 Å². The van der Waals surface area contributed by atoms with Crippen molar-refractivity contribution in [2.75, 3.05) is 32.7 Å². The topological polar surface area (TPSA) is 75.0 Å². The van der Waals surface area contributed by atoms with Crippen LogP contribution < -0.4 is 10.1 Å². The van der Waals surface area contributed by atoms with Gasteiger partial charge in [-0.25, -0.2) is 4.79 Å². The first kappa shape index (κ1) is 19.8. The molecule has 1 aromatic heterocycles. The summed E-state index contributed by atoms with van der Waals surface area (Å²) < 4.78 is 11.9. The number of nitrogens with one attached hydrogen (secondary N) is 1. The van der Waals surface area contributed by atoms with Gasteiger partial charge < -0.3 is 24.3 Å². The van der Waals surface area contributed by atoms with E-state index in [1.165, 1.54) is 0 Å². The maximum atomic E-state index is 13.3. The van der Waals surface area contributed by atoms with Gasteiger partial charge in [-0.3, -0.25) is 4.79 Å². The average molecular weight is 407 g/mol. The summed E-state index contributed by atoms with van der Waals surface area (Å²) in [6.07, 6.45) is 0. The van der Waals surface area contributed by atoms with Crippen LogP contribution >= 0.6 is 0 Å². The molecule has 3 amide bonds. The average Bonchev–Trinajstić information content (AvgIpc) is 3.17. The molecule has 0 spiro atoms. The summed E-state index contributed by atoms with van der Waals surface area (Å²) in [6, 6.07) is 17.0. The van der Waals surface area contributed by atoms with Crippen LogP contribution in [0.3, 0.4) is 0 Å². The molecule has 156 valence electrons. The first-order valence-corrected chi connectivity index (χ1v) is 10.2. The molecule has 4 rings (SSSR count). The molecular formula is C23H25N3O4. The van der Waals surface area contributed by atoms with E-state index in [0.717, 1.165) is 16.7 Å². The molecule has 30 heavy (non-hydrogen) atoms. The highest BCUT2D eigenvalue weighted by molar-refractivity contribution is 5.99. The van der Waals surface area contributed by atoms with E-state index in [2.05, 4.69) is 5.32 Å². The number of fused-ring (bicyclic) bond motifs is 1. The van der Waals surface area contributed by atoms with Crippen molar-refractivity contribution in [1.29, 1.82) is 0 Å². The molecule has 1 N–H and O–H groups in total. The number of carbonyl (C=O) groups is 2. The van der Waals surface area contributed by atoms with Crippen LogP contribution in [0, 0.1) is 0 Å². The Bertz CT molecular complexity index is 1020. The summed E-state index contributed by atoms with van der Waals surface area (Å²) in [4.78, 5) is 28.7. The smallest absolute Gasteiger partial charge is 0.317 e. The number of hydrogen-bond donors (Lipinski definition) is 1. The standard InChI is InChI=1S/C23H25N3O4/c1-2-24-23(28)26-14-12-25(13-15-26)22(27)21-19(16-29-17-8-4-3-5-9-17)18-10-6-7-11-20(18)30-21/h3-11H,2,12-16H2,1H3,(H,24,28). The third-order valence-electron chi connectivity index (χ3n) is 5.20. The number of para-hydroxylation sites is 2. The monoisotopic (exact) mass is 407 g/mol. The summed E-state index contributed by atoms with van der Waals surface area (Å²) in [7, 11) is 0. The van der Waals surface area contributed by atoms with Crippen LogP contribution in [-0.2, 0) is 6.61 Å². The molecule has 1 aliphatic heterocycles. The fraction of sp³-hybridized carbons (Fsp3) is 0.304. The number of rotatable bonds is 5. The molecule has 0 radical (unpaired) electrons. The highest BCUT2D eigenvalue weighted by Crippen LogP contribution is 2.28. The van der Waals surface area contributed by atoms with Crippen molar-refractivity contribution in [3.63, 3.8) is 0 Å². The van der Waals surface area contributed by atoms with Crippen molar-refractivity contribution in [3.05, 3.63) is 65.9 Å². The molecule has 7 heteroatoms. The van der Waals surface area contributed by atoms with E-state index in [0.29, 0.717) is 44.1 Å². The molecule has 3 aromatic rings.